The number of fused-ring (bicyclic) bond motifs is 6. The molecule has 2 nitrogen and oxygen atoms in total. The first-order chi connectivity index (χ1) is 27.1. The third-order valence-corrected chi connectivity index (χ3v) is 12.8. The molecule has 9 aromatic carbocycles. The van der Waals surface area contributed by atoms with Crippen LogP contribution in [0, 0.1) is 11.8 Å². The van der Waals surface area contributed by atoms with Crippen LogP contribution in [-0.4, -0.2) is 13.2 Å². The van der Waals surface area contributed by atoms with E-state index in [-0.39, 0.29) is 0 Å². The maximum absolute atomic E-state index is 7.09. The van der Waals surface area contributed by atoms with Crippen molar-refractivity contribution in [3.8, 4) is 11.5 Å². The van der Waals surface area contributed by atoms with Crippen LogP contribution in [0.2, 0.25) is 0 Å². The second kappa shape index (κ2) is 15.4. The van der Waals surface area contributed by atoms with E-state index in [0.29, 0.717) is 11.8 Å². The normalized spacial score (nSPS) is 13.5. The summed E-state index contributed by atoms with van der Waals surface area (Å²) in [5.74, 6) is 3.18. The Kier molecular flexibility index (Phi) is 10.0. The van der Waals surface area contributed by atoms with Crippen molar-refractivity contribution in [2.24, 2.45) is 11.8 Å². The van der Waals surface area contributed by atoms with Gasteiger partial charge < -0.3 is 9.47 Å². The van der Waals surface area contributed by atoms with Gasteiger partial charge in [0, 0.05) is 32.3 Å². The Bertz CT molecular complexity index is 2740. The molecule has 0 radical (unpaired) electrons. The quantitative estimate of drug-likeness (QED) is 0.0529. The predicted octanol–water partition coefficient (Wildman–Crippen LogP) is 16.1. The highest BCUT2D eigenvalue weighted by atomic mass is 16.5. The zero-order valence-corrected chi connectivity index (χ0v) is 33.4. The van der Waals surface area contributed by atoms with Crippen LogP contribution >= 0.6 is 0 Å². The van der Waals surface area contributed by atoms with Gasteiger partial charge in [-0.1, -0.05) is 164 Å². The van der Waals surface area contributed by atoms with E-state index in [2.05, 4.69) is 125 Å². The van der Waals surface area contributed by atoms with Gasteiger partial charge in [-0.2, -0.15) is 0 Å². The lowest BCUT2D eigenvalue weighted by Gasteiger charge is -2.23. The van der Waals surface area contributed by atoms with Crippen LogP contribution in [0.15, 0.2) is 97.1 Å². The highest BCUT2D eigenvalue weighted by Gasteiger charge is 2.24. The molecule has 0 spiro atoms. The molecule has 0 heterocycles. The molecule has 0 aromatic heterocycles. The summed E-state index contributed by atoms with van der Waals surface area (Å²) in [5, 5.41) is 20.6. The van der Waals surface area contributed by atoms with Gasteiger partial charge in [-0.05, 0) is 97.1 Å². The lowest BCUT2D eigenvalue weighted by atomic mass is 9.83. The summed E-state index contributed by atoms with van der Waals surface area (Å²) in [7, 11) is 0. The van der Waals surface area contributed by atoms with Gasteiger partial charge in [0.2, 0.25) is 0 Å². The van der Waals surface area contributed by atoms with Gasteiger partial charge in [0.25, 0.3) is 0 Å². The average molecular weight is 725 g/mol. The number of benzene rings is 9. The fraction of sp³-hybridized carbons (Fsp3) is 0.358. The molecule has 0 fully saturated rings. The van der Waals surface area contributed by atoms with Crippen LogP contribution in [0.4, 0.5) is 0 Å². The second-order valence-electron chi connectivity index (χ2n) is 16.6. The third kappa shape index (κ3) is 6.17. The van der Waals surface area contributed by atoms with Crippen LogP contribution in [-0.2, 0) is 0 Å². The van der Waals surface area contributed by atoms with Gasteiger partial charge >= 0.3 is 0 Å². The third-order valence-electron chi connectivity index (χ3n) is 12.8. The molecule has 0 bridgehead atoms. The minimum atomic E-state index is 0.510. The van der Waals surface area contributed by atoms with E-state index in [0.717, 1.165) is 24.7 Å². The van der Waals surface area contributed by atoms with Gasteiger partial charge in [0.1, 0.15) is 11.5 Å². The first kappa shape index (κ1) is 35.9. The molecule has 2 atom stereocenters. The topological polar surface area (TPSA) is 18.5 Å². The minimum Gasteiger partial charge on any atom is -0.492 e. The van der Waals surface area contributed by atoms with E-state index in [4.69, 9.17) is 9.47 Å². The molecule has 55 heavy (non-hydrogen) atoms. The Hall–Kier alpha value is -4.82. The zero-order valence-electron chi connectivity index (χ0n) is 33.4. The first-order valence-corrected chi connectivity index (χ1v) is 21.5. The molecule has 2 heteroatoms. The second-order valence-corrected chi connectivity index (χ2v) is 16.6. The molecule has 9 rings (SSSR count). The summed E-state index contributed by atoms with van der Waals surface area (Å²) in [6, 6.07) is 36.8. The van der Waals surface area contributed by atoms with Crippen molar-refractivity contribution in [2.75, 3.05) is 13.2 Å². The number of ether oxygens (including phenoxy) is 2. The van der Waals surface area contributed by atoms with Crippen LogP contribution in [0.1, 0.15) is 98.3 Å². The van der Waals surface area contributed by atoms with Crippen LogP contribution in [0.3, 0.4) is 0 Å². The van der Waals surface area contributed by atoms with Gasteiger partial charge in [-0.25, -0.2) is 0 Å². The van der Waals surface area contributed by atoms with Crippen molar-refractivity contribution in [2.45, 2.75) is 98.3 Å². The van der Waals surface area contributed by atoms with Crippen LogP contribution in [0.25, 0.3) is 86.2 Å². The predicted molar refractivity (Wildman–Crippen MR) is 240 cm³/mol. The van der Waals surface area contributed by atoms with E-state index in [1.807, 2.05) is 0 Å². The fourth-order valence-electron chi connectivity index (χ4n) is 9.88. The largest absolute Gasteiger partial charge is 0.492 e. The Morgan fingerprint density at radius 3 is 1.24 bits per heavy atom. The SMILES string of the molecule is CCCCCCC(CCCC)COc1c2ccccc2c2ccc3c4ccc5c(OCC(C)CCCC)c6ccccc6c6ccc(c7ccc1c2c73)c4c56. The van der Waals surface area contributed by atoms with E-state index < -0.39 is 0 Å². The highest BCUT2D eigenvalue weighted by molar-refractivity contribution is 6.43. The van der Waals surface area contributed by atoms with Gasteiger partial charge in [-0.3, -0.25) is 0 Å². The van der Waals surface area contributed by atoms with Gasteiger partial charge in [0.15, 0.2) is 0 Å². The molecule has 0 aliphatic rings. The lowest BCUT2D eigenvalue weighted by molar-refractivity contribution is 0.229. The maximum Gasteiger partial charge on any atom is 0.135 e. The van der Waals surface area contributed by atoms with E-state index in [1.165, 1.54) is 157 Å². The summed E-state index contributed by atoms with van der Waals surface area (Å²) in [4.78, 5) is 0. The molecule has 2 unspecified atom stereocenters. The first-order valence-electron chi connectivity index (χ1n) is 21.5. The standard InChI is InChI=1S/C53H56O2/c1-5-8-11-12-19-35(18-10-7-3)33-55-53-45-23-16-14-21-37(45)39-25-27-41-42-28-30-46-50-38(24-26-40(48(42)50)43-29-31-47(53)51(39)49(41)43)36-20-13-15-22-44(36)52(46)54-32-34(4)17-9-6-2/h13-16,20-31,34-35H,5-12,17-19,32-33H2,1-4H3. The van der Waals surface area contributed by atoms with Crippen molar-refractivity contribution in [1.29, 1.82) is 0 Å². The highest BCUT2D eigenvalue weighted by Crippen LogP contribution is 2.51. The molecule has 0 aliphatic carbocycles. The molecule has 0 aliphatic heterocycles. The molecule has 0 N–H and O–H groups in total. The summed E-state index contributed by atoms with van der Waals surface area (Å²) >= 11 is 0. The number of rotatable bonds is 17. The van der Waals surface area contributed by atoms with Gasteiger partial charge in [-0.15, -0.1) is 0 Å². The van der Waals surface area contributed by atoms with E-state index in [9.17, 15) is 0 Å². The molecular formula is C53H56O2. The summed E-state index contributed by atoms with van der Waals surface area (Å²) in [5.41, 5.74) is 0. The zero-order chi connectivity index (χ0) is 37.5. The smallest absolute Gasteiger partial charge is 0.135 e. The Labute approximate surface area is 326 Å². The molecule has 0 amide bonds. The molecule has 0 saturated heterocycles. The van der Waals surface area contributed by atoms with Crippen molar-refractivity contribution in [1.82, 2.24) is 0 Å². The Morgan fingerprint density at radius 2 is 0.745 bits per heavy atom. The molecule has 280 valence electrons. The Balaban J connectivity index is 1.25. The van der Waals surface area contributed by atoms with E-state index >= 15 is 0 Å². The molecule has 0 saturated carbocycles. The number of hydrogen-bond acceptors (Lipinski definition) is 2. The maximum atomic E-state index is 7.09. The van der Waals surface area contributed by atoms with Crippen molar-refractivity contribution in [3.05, 3.63) is 97.1 Å². The Morgan fingerprint density at radius 1 is 0.364 bits per heavy atom. The molecular weight excluding hydrogens is 669 g/mol. The van der Waals surface area contributed by atoms with Crippen LogP contribution < -0.4 is 9.47 Å². The van der Waals surface area contributed by atoms with Crippen molar-refractivity contribution >= 4 is 86.2 Å². The van der Waals surface area contributed by atoms with Crippen LogP contribution in [0.5, 0.6) is 11.5 Å². The van der Waals surface area contributed by atoms with E-state index in [1.54, 1.807) is 0 Å². The average Bonchev–Trinajstić information content (AvgIpc) is 3.23. The summed E-state index contributed by atoms with van der Waals surface area (Å²) in [6.45, 7) is 10.7. The number of unbranched alkanes of at least 4 members (excludes halogenated alkanes) is 5. The van der Waals surface area contributed by atoms with Gasteiger partial charge in [0.05, 0.1) is 13.2 Å². The molecule has 9 aromatic rings. The van der Waals surface area contributed by atoms with Crippen molar-refractivity contribution in [3.63, 3.8) is 0 Å². The summed E-state index contributed by atoms with van der Waals surface area (Å²) < 4.78 is 14.0. The minimum absolute atomic E-state index is 0.510. The summed E-state index contributed by atoms with van der Waals surface area (Å²) in [6.07, 6.45) is 13.9. The fourth-order valence-corrected chi connectivity index (χ4v) is 9.88. The lowest BCUT2D eigenvalue weighted by Crippen LogP contribution is -2.13. The number of hydrogen-bond donors (Lipinski definition) is 0. The van der Waals surface area contributed by atoms with Crippen molar-refractivity contribution < 1.29 is 9.47 Å². The monoisotopic (exact) mass is 724 g/mol.